The number of fused-ring (bicyclic) bond motifs is 1. The van der Waals surface area contributed by atoms with E-state index in [0.29, 0.717) is 11.4 Å². The first-order valence-corrected chi connectivity index (χ1v) is 9.54. The van der Waals surface area contributed by atoms with E-state index >= 15 is 0 Å². The molecule has 0 saturated carbocycles. The Labute approximate surface area is 174 Å². The van der Waals surface area contributed by atoms with Gasteiger partial charge in [-0.05, 0) is 24.7 Å². The molecule has 30 heavy (non-hydrogen) atoms. The predicted octanol–water partition coefficient (Wildman–Crippen LogP) is 0.811. The molecule has 6 N–H and O–H groups in total. The van der Waals surface area contributed by atoms with E-state index in [4.69, 9.17) is 16.7 Å². The molecule has 2 aromatic rings. The number of aromatic nitrogens is 1. The maximum absolute atomic E-state index is 9.42. The first-order valence-electron chi connectivity index (χ1n) is 9.54. The maximum Gasteiger partial charge on any atom is 0.211 e. The molecule has 0 radical (unpaired) electrons. The van der Waals surface area contributed by atoms with Gasteiger partial charge in [0, 0.05) is 37.4 Å². The normalized spacial score (nSPS) is 18.4. The number of piperazine rings is 1. The molecule has 2 aliphatic rings. The van der Waals surface area contributed by atoms with Crippen molar-refractivity contribution in [2.45, 2.75) is 6.04 Å². The third-order valence-corrected chi connectivity index (χ3v) is 5.43. The summed E-state index contributed by atoms with van der Waals surface area (Å²) in [5.41, 5.74) is 15.1. The van der Waals surface area contributed by atoms with Gasteiger partial charge >= 0.3 is 0 Å². The van der Waals surface area contributed by atoms with E-state index in [1.54, 1.807) is 0 Å². The molecule has 0 bridgehead atoms. The summed E-state index contributed by atoms with van der Waals surface area (Å²) >= 11 is 0. The fourth-order valence-corrected chi connectivity index (χ4v) is 3.75. The zero-order valence-electron chi connectivity index (χ0n) is 16.6. The number of nitrogens with zero attached hydrogens (tertiary/aromatic N) is 6. The third-order valence-electron chi connectivity index (χ3n) is 5.43. The minimum absolute atomic E-state index is 0.0311. The highest BCUT2D eigenvalue weighted by Crippen LogP contribution is 2.40. The van der Waals surface area contributed by atoms with Gasteiger partial charge in [0.2, 0.25) is 5.96 Å². The molecular weight excluding hydrogens is 380 g/mol. The van der Waals surface area contributed by atoms with Crippen LogP contribution < -0.4 is 27.0 Å². The Hall–Kier alpha value is -4.02. The van der Waals surface area contributed by atoms with E-state index in [0.717, 1.165) is 37.4 Å². The summed E-state index contributed by atoms with van der Waals surface area (Å²) in [6, 6.07) is 9.57. The van der Waals surface area contributed by atoms with Gasteiger partial charge in [0.1, 0.15) is 29.3 Å². The summed E-state index contributed by atoms with van der Waals surface area (Å²) in [5, 5.41) is 23.9. The Morgan fingerprint density at radius 2 is 1.83 bits per heavy atom. The Bertz CT molecular complexity index is 1070. The van der Waals surface area contributed by atoms with Crippen molar-refractivity contribution in [3.05, 3.63) is 41.0 Å². The predicted molar refractivity (Wildman–Crippen MR) is 116 cm³/mol. The molecule has 2 aliphatic heterocycles. The minimum atomic E-state index is -0.529. The molecule has 3 heterocycles. The van der Waals surface area contributed by atoms with E-state index in [1.165, 1.54) is 0 Å². The van der Waals surface area contributed by atoms with Crippen molar-refractivity contribution in [2.24, 2.45) is 4.99 Å². The van der Waals surface area contributed by atoms with E-state index in [1.807, 2.05) is 24.4 Å². The van der Waals surface area contributed by atoms with Gasteiger partial charge < -0.3 is 26.6 Å². The van der Waals surface area contributed by atoms with E-state index < -0.39 is 6.04 Å². The van der Waals surface area contributed by atoms with Gasteiger partial charge in [-0.25, -0.2) is 9.98 Å². The second-order valence-corrected chi connectivity index (χ2v) is 7.28. The van der Waals surface area contributed by atoms with Crippen LogP contribution in [-0.2, 0) is 0 Å². The number of anilines is 4. The molecular formula is C20H22N10. The van der Waals surface area contributed by atoms with Gasteiger partial charge in [0.15, 0.2) is 6.19 Å². The van der Waals surface area contributed by atoms with E-state index in [-0.39, 0.29) is 23.0 Å². The summed E-state index contributed by atoms with van der Waals surface area (Å²) < 4.78 is 0. The number of aliphatic imine (C=N–C) groups is 1. The van der Waals surface area contributed by atoms with Crippen LogP contribution in [0.5, 0.6) is 0 Å². The molecule has 4 rings (SSSR count). The topological polar surface area (TPSA) is 155 Å². The number of nitrogen functional groups attached to an aromatic ring is 2. The number of nitrogens with two attached hydrogens (primary N) is 2. The Morgan fingerprint density at radius 3 is 2.47 bits per heavy atom. The molecule has 10 nitrogen and oxygen atoms in total. The number of hydrogen-bond donors (Lipinski definition) is 4. The molecule has 1 aromatic carbocycles. The highest BCUT2D eigenvalue weighted by Gasteiger charge is 2.29. The van der Waals surface area contributed by atoms with Gasteiger partial charge in [-0.1, -0.05) is 12.1 Å². The van der Waals surface area contributed by atoms with Crippen molar-refractivity contribution in [3.8, 4) is 12.3 Å². The summed E-state index contributed by atoms with van der Waals surface area (Å²) in [7, 11) is 2.13. The molecule has 0 aliphatic carbocycles. The standard InChI is InChI=1S/C20H22N10/c1-29-6-8-30(9-7-29)13-4-2-12(3-5-13)17-15-16(23)14(10-21)18(24)27-19(15)28-20(26-17)25-11-22/h2-5,17H,6-9H2,1H3,(H6,23,24,25,26,27,28). The molecule has 1 fully saturated rings. The van der Waals surface area contributed by atoms with Crippen molar-refractivity contribution >= 4 is 29.0 Å². The molecule has 1 unspecified atom stereocenters. The molecule has 0 spiro atoms. The van der Waals surface area contributed by atoms with Crippen LogP contribution in [-0.4, -0.2) is 49.1 Å². The van der Waals surface area contributed by atoms with Crippen molar-refractivity contribution < 1.29 is 0 Å². The summed E-state index contributed by atoms with van der Waals surface area (Å²) in [6.45, 7) is 4.00. The molecule has 0 amide bonds. The number of pyridine rings is 1. The van der Waals surface area contributed by atoms with Crippen molar-refractivity contribution in [2.75, 3.05) is 54.9 Å². The average Bonchev–Trinajstić information content (AvgIpc) is 2.74. The highest BCUT2D eigenvalue weighted by atomic mass is 15.3. The van der Waals surface area contributed by atoms with Crippen LogP contribution in [0.25, 0.3) is 0 Å². The quantitative estimate of drug-likeness (QED) is 0.422. The number of guanidine groups is 1. The zero-order valence-corrected chi connectivity index (χ0v) is 16.6. The van der Waals surface area contributed by atoms with Gasteiger partial charge in [-0.15, -0.1) is 0 Å². The first kappa shape index (κ1) is 19.3. The first-order chi connectivity index (χ1) is 14.5. The van der Waals surface area contributed by atoms with Crippen LogP contribution in [0.15, 0.2) is 29.3 Å². The van der Waals surface area contributed by atoms with E-state index in [2.05, 4.69) is 49.6 Å². The van der Waals surface area contributed by atoms with Gasteiger partial charge in [-0.3, -0.25) is 5.32 Å². The van der Waals surface area contributed by atoms with Crippen LogP contribution in [0.3, 0.4) is 0 Å². The summed E-state index contributed by atoms with van der Waals surface area (Å²) in [6.07, 6.45) is 1.85. The maximum atomic E-state index is 9.42. The summed E-state index contributed by atoms with van der Waals surface area (Å²) in [4.78, 5) is 13.5. The lowest BCUT2D eigenvalue weighted by Gasteiger charge is -2.34. The number of likely N-dealkylation sites (N-methyl/N-ethyl adjacent to an activating group) is 1. The average molecular weight is 402 g/mol. The van der Waals surface area contributed by atoms with Crippen LogP contribution >= 0.6 is 0 Å². The number of rotatable bonds is 2. The molecule has 1 aromatic heterocycles. The van der Waals surface area contributed by atoms with E-state index in [9.17, 15) is 5.26 Å². The van der Waals surface area contributed by atoms with Gasteiger partial charge in [0.05, 0.1) is 5.69 Å². The van der Waals surface area contributed by atoms with Gasteiger partial charge in [-0.2, -0.15) is 10.5 Å². The lowest BCUT2D eigenvalue weighted by Crippen LogP contribution is -2.44. The lowest BCUT2D eigenvalue weighted by molar-refractivity contribution is 0.313. The number of benzene rings is 1. The Morgan fingerprint density at radius 1 is 1.13 bits per heavy atom. The van der Waals surface area contributed by atoms with Crippen LogP contribution in [0.1, 0.15) is 22.7 Å². The summed E-state index contributed by atoms with van der Waals surface area (Å²) in [5.74, 6) is 0.655. The molecule has 10 heteroatoms. The fraction of sp³-hybridized carbons (Fsp3) is 0.300. The Balaban J connectivity index is 1.73. The lowest BCUT2D eigenvalue weighted by atomic mass is 9.95. The third kappa shape index (κ3) is 3.41. The second kappa shape index (κ2) is 7.78. The van der Waals surface area contributed by atoms with Crippen LogP contribution in [0.4, 0.5) is 23.0 Å². The van der Waals surface area contributed by atoms with Crippen LogP contribution in [0, 0.1) is 22.8 Å². The van der Waals surface area contributed by atoms with Gasteiger partial charge in [0.25, 0.3) is 0 Å². The number of nitriles is 2. The Kier molecular flexibility index (Phi) is 5.00. The van der Waals surface area contributed by atoms with Crippen molar-refractivity contribution in [1.82, 2.24) is 15.2 Å². The second-order valence-electron chi connectivity index (χ2n) is 7.28. The number of nitrogens with one attached hydrogen (secondary N) is 2. The van der Waals surface area contributed by atoms with Crippen LogP contribution in [0.2, 0.25) is 0 Å². The zero-order chi connectivity index (χ0) is 21.3. The monoisotopic (exact) mass is 402 g/mol. The van der Waals surface area contributed by atoms with Crippen molar-refractivity contribution in [1.29, 1.82) is 10.5 Å². The smallest absolute Gasteiger partial charge is 0.211 e. The largest absolute Gasteiger partial charge is 0.397 e. The molecule has 1 saturated heterocycles. The number of hydrogen-bond acceptors (Lipinski definition) is 10. The molecule has 152 valence electrons. The SMILES string of the molecule is CN1CCN(c2ccc(C3N=C(NC#N)Nc4nc(N)c(C#N)c(N)c43)cc2)CC1. The van der Waals surface area contributed by atoms with Crippen molar-refractivity contribution in [3.63, 3.8) is 0 Å². The fourth-order valence-electron chi connectivity index (χ4n) is 3.75. The minimum Gasteiger partial charge on any atom is -0.397 e. The highest BCUT2D eigenvalue weighted by molar-refractivity contribution is 5.98. The molecule has 1 atom stereocenters.